The van der Waals surface area contributed by atoms with E-state index in [-0.39, 0.29) is 0 Å². The van der Waals surface area contributed by atoms with Crippen molar-refractivity contribution in [1.29, 1.82) is 0 Å². The molecule has 66 valence electrons. The van der Waals surface area contributed by atoms with Gasteiger partial charge in [-0.05, 0) is 30.5 Å². The lowest BCUT2D eigenvalue weighted by Gasteiger charge is -1.93. The van der Waals surface area contributed by atoms with Gasteiger partial charge in [0.05, 0.1) is 0 Å². The van der Waals surface area contributed by atoms with Gasteiger partial charge in [-0.3, -0.25) is 0 Å². The van der Waals surface area contributed by atoms with Crippen LogP contribution in [0.2, 0.25) is 0 Å². The van der Waals surface area contributed by atoms with Crippen LogP contribution in [0.1, 0.15) is 5.56 Å². The Hall–Kier alpha value is -1.40. The van der Waals surface area contributed by atoms with E-state index in [2.05, 4.69) is 11.8 Å². The number of hydrogen-bond donors (Lipinski definition) is 1. The largest absolute Gasteiger partial charge is 0.472 e. The van der Waals surface area contributed by atoms with Crippen molar-refractivity contribution in [1.82, 2.24) is 0 Å². The van der Waals surface area contributed by atoms with E-state index in [0.29, 0.717) is 0 Å². The van der Waals surface area contributed by atoms with E-state index >= 15 is 0 Å². The van der Waals surface area contributed by atoms with E-state index in [4.69, 9.17) is 5.11 Å². The fraction of sp³-hybridized carbons (Fsp3) is 0.100. The fourth-order valence-electron chi connectivity index (χ4n) is 0.800. The zero-order chi connectivity index (χ0) is 9.68. The fourth-order valence-corrected chi connectivity index (χ4v) is 1.21. The maximum absolute atomic E-state index is 10.1. The molecule has 0 aliphatic heterocycles. The van der Waals surface area contributed by atoms with Crippen LogP contribution in [0.4, 0.5) is 0 Å². The molecule has 13 heavy (non-hydrogen) atoms. The van der Waals surface area contributed by atoms with Gasteiger partial charge in [0.2, 0.25) is 0 Å². The normalized spacial score (nSPS) is 8.69. The van der Waals surface area contributed by atoms with Crippen molar-refractivity contribution >= 4 is 17.7 Å². The monoisotopic (exact) mass is 192 g/mol. The second-order valence-corrected chi connectivity index (χ2v) is 3.16. The van der Waals surface area contributed by atoms with Crippen molar-refractivity contribution in [2.24, 2.45) is 0 Å². The Morgan fingerprint density at radius 3 is 2.46 bits per heavy atom. The highest BCUT2D eigenvalue weighted by molar-refractivity contribution is 7.98. The summed E-state index contributed by atoms with van der Waals surface area (Å²) in [5, 5.41) is 8.30. The Morgan fingerprint density at radius 2 is 2.00 bits per heavy atom. The molecule has 0 amide bonds. The van der Waals surface area contributed by atoms with Gasteiger partial charge in [-0.1, -0.05) is 5.92 Å². The number of carboxylic acids is 1. The average Bonchev–Trinajstić information content (AvgIpc) is 2.15. The maximum Gasteiger partial charge on any atom is 0.382 e. The third-order valence-corrected chi connectivity index (χ3v) is 2.15. The lowest BCUT2D eigenvalue weighted by atomic mass is 10.2. The number of benzene rings is 1. The van der Waals surface area contributed by atoms with Crippen molar-refractivity contribution < 1.29 is 9.90 Å². The van der Waals surface area contributed by atoms with Crippen LogP contribution in [0.3, 0.4) is 0 Å². The molecule has 1 aromatic rings. The van der Waals surface area contributed by atoms with Gasteiger partial charge < -0.3 is 5.11 Å². The van der Waals surface area contributed by atoms with Gasteiger partial charge >= 0.3 is 5.97 Å². The molecule has 1 aromatic carbocycles. The maximum atomic E-state index is 10.1. The topological polar surface area (TPSA) is 37.3 Å². The van der Waals surface area contributed by atoms with Gasteiger partial charge in [0.25, 0.3) is 0 Å². The summed E-state index contributed by atoms with van der Waals surface area (Å²) in [5.74, 6) is 3.49. The van der Waals surface area contributed by atoms with Gasteiger partial charge in [-0.25, -0.2) is 4.79 Å². The third-order valence-electron chi connectivity index (χ3n) is 1.40. The van der Waals surface area contributed by atoms with Crippen LogP contribution in [0, 0.1) is 11.8 Å². The molecule has 1 N–H and O–H groups in total. The summed E-state index contributed by atoms with van der Waals surface area (Å²) in [6, 6.07) is 7.44. The average molecular weight is 192 g/mol. The summed E-state index contributed by atoms with van der Waals surface area (Å²) in [6.07, 6.45) is 1.98. The van der Waals surface area contributed by atoms with Crippen molar-refractivity contribution in [3.8, 4) is 11.8 Å². The molecule has 0 saturated carbocycles. The van der Waals surface area contributed by atoms with Crippen molar-refractivity contribution in [3.05, 3.63) is 29.8 Å². The molecular formula is C10H8O2S. The molecule has 3 heteroatoms. The molecule has 0 spiro atoms. The lowest BCUT2D eigenvalue weighted by molar-refractivity contribution is -0.130. The van der Waals surface area contributed by atoms with Crippen LogP contribution < -0.4 is 0 Å². The highest BCUT2D eigenvalue weighted by atomic mass is 32.2. The molecule has 0 radical (unpaired) electrons. The summed E-state index contributed by atoms with van der Waals surface area (Å²) in [6.45, 7) is 0. The summed E-state index contributed by atoms with van der Waals surface area (Å²) < 4.78 is 0. The highest BCUT2D eigenvalue weighted by Crippen LogP contribution is 2.14. The number of aliphatic carboxylic acids is 1. The highest BCUT2D eigenvalue weighted by Gasteiger charge is 1.90. The minimum Gasteiger partial charge on any atom is -0.472 e. The molecule has 2 nitrogen and oxygen atoms in total. The molecule has 0 unspecified atom stereocenters. The van der Waals surface area contributed by atoms with Crippen LogP contribution in [-0.4, -0.2) is 17.3 Å². The molecule has 0 saturated heterocycles. The smallest absolute Gasteiger partial charge is 0.382 e. The number of rotatable bonds is 1. The van der Waals surface area contributed by atoms with E-state index in [1.54, 1.807) is 11.8 Å². The summed E-state index contributed by atoms with van der Waals surface area (Å²) in [4.78, 5) is 11.3. The predicted molar refractivity (Wildman–Crippen MR) is 52.7 cm³/mol. The second-order valence-electron chi connectivity index (χ2n) is 2.28. The first-order valence-electron chi connectivity index (χ1n) is 3.61. The van der Waals surface area contributed by atoms with Gasteiger partial charge in [0.1, 0.15) is 0 Å². The minimum absolute atomic E-state index is 0.722. The van der Waals surface area contributed by atoms with Gasteiger partial charge in [0, 0.05) is 16.4 Å². The van der Waals surface area contributed by atoms with E-state index < -0.39 is 5.97 Å². The predicted octanol–water partition coefficient (Wildman–Crippen LogP) is 1.84. The SMILES string of the molecule is CSc1ccc(C#CC(=O)O)cc1. The van der Waals surface area contributed by atoms with Crippen LogP contribution in [0.25, 0.3) is 0 Å². The third kappa shape index (κ3) is 3.22. The first-order chi connectivity index (χ1) is 6.22. The first-order valence-corrected chi connectivity index (χ1v) is 4.84. The van der Waals surface area contributed by atoms with Crippen molar-refractivity contribution in [3.63, 3.8) is 0 Å². The van der Waals surface area contributed by atoms with Crippen LogP contribution >= 0.6 is 11.8 Å². The molecule has 0 aliphatic rings. The Labute approximate surface area is 81.0 Å². The standard InChI is InChI=1S/C10H8O2S/c1-13-9-5-2-8(3-6-9)4-7-10(11)12/h2-3,5-6H,1H3,(H,11,12). The Kier molecular flexibility index (Phi) is 3.41. The molecule has 0 fully saturated rings. The van der Waals surface area contributed by atoms with E-state index in [0.717, 1.165) is 10.5 Å². The number of carbonyl (C=O) groups is 1. The number of hydrogen-bond acceptors (Lipinski definition) is 2. The Balaban J connectivity index is 2.83. The summed E-state index contributed by atoms with van der Waals surface area (Å²) in [7, 11) is 0. The number of thioether (sulfide) groups is 1. The van der Waals surface area contributed by atoms with Gasteiger partial charge in [-0.2, -0.15) is 0 Å². The van der Waals surface area contributed by atoms with Crippen molar-refractivity contribution in [2.75, 3.05) is 6.26 Å². The van der Waals surface area contributed by atoms with E-state index in [1.807, 2.05) is 30.5 Å². The van der Waals surface area contributed by atoms with Crippen molar-refractivity contribution in [2.45, 2.75) is 4.90 Å². The van der Waals surface area contributed by atoms with Crippen LogP contribution in [-0.2, 0) is 4.79 Å². The summed E-state index contributed by atoms with van der Waals surface area (Å²) >= 11 is 1.64. The molecule has 0 aromatic heterocycles. The van der Waals surface area contributed by atoms with E-state index in [9.17, 15) is 4.79 Å². The zero-order valence-electron chi connectivity index (χ0n) is 7.07. The minimum atomic E-state index is -1.10. The molecular weight excluding hydrogens is 184 g/mol. The summed E-state index contributed by atoms with van der Waals surface area (Å²) in [5.41, 5.74) is 0.722. The Bertz CT molecular complexity index is 357. The van der Waals surface area contributed by atoms with Crippen LogP contribution in [0.15, 0.2) is 29.2 Å². The quantitative estimate of drug-likeness (QED) is 0.545. The second kappa shape index (κ2) is 4.58. The molecule has 0 atom stereocenters. The number of carboxylic acid groups (broad SMARTS) is 1. The lowest BCUT2D eigenvalue weighted by Crippen LogP contribution is -1.86. The van der Waals surface area contributed by atoms with Crippen LogP contribution in [0.5, 0.6) is 0 Å². The Morgan fingerprint density at radius 1 is 1.38 bits per heavy atom. The molecule has 0 bridgehead atoms. The van der Waals surface area contributed by atoms with Gasteiger partial charge in [-0.15, -0.1) is 11.8 Å². The van der Waals surface area contributed by atoms with Gasteiger partial charge in [0.15, 0.2) is 0 Å². The zero-order valence-corrected chi connectivity index (χ0v) is 7.89. The molecule has 0 aliphatic carbocycles. The molecule has 1 rings (SSSR count). The molecule has 0 heterocycles. The van der Waals surface area contributed by atoms with E-state index in [1.165, 1.54) is 0 Å². The first kappa shape index (κ1) is 9.69.